The zero-order chi connectivity index (χ0) is 20.8. The Kier molecular flexibility index (Phi) is 12.4. The van der Waals surface area contributed by atoms with Crippen LogP contribution in [0.25, 0.3) is 0 Å². The lowest BCUT2D eigenvalue weighted by Crippen LogP contribution is -2.29. The molecule has 162 valence electrons. The van der Waals surface area contributed by atoms with E-state index in [1.54, 1.807) is 7.05 Å². The molecular weight excluding hydrogens is 346 g/mol. The third kappa shape index (κ3) is 9.89. The monoisotopic (exact) mass is 391 g/mol. The number of allylic oxidation sites excluding steroid dienone is 2. The van der Waals surface area contributed by atoms with E-state index >= 15 is 0 Å². The number of unbranched alkanes of at least 4 members (excludes halogenated alkanes) is 11. The Morgan fingerprint density at radius 1 is 0.857 bits per heavy atom. The first kappa shape index (κ1) is 24.9. The number of carbonyl (C=O) groups excluding carboxylic acids is 2. The number of ketones is 1. The Morgan fingerprint density at radius 3 is 1.82 bits per heavy atom. The number of Topliss-reactive ketones (excluding diaryl/α,β-unsaturated/α-hetero) is 1. The number of hydrogen-bond acceptors (Lipinski definition) is 2. The largest absolute Gasteiger partial charge is 0.359 e. The molecule has 0 heterocycles. The maximum absolute atomic E-state index is 12.4. The zero-order valence-electron chi connectivity index (χ0n) is 19.1. The number of rotatable bonds is 15. The minimum absolute atomic E-state index is 0.140. The third-order valence-electron chi connectivity index (χ3n) is 6.45. The van der Waals surface area contributed by atoms with Gasteiger partial charge in [-0.15, -0.1) is 0 Å². The summed E-state index contributed by atoms with van der Waals surface area (Å²) >= 11 is 0. The molecule has 0 saturated heterocycles. The highest BCUT2D eigenvalue weighted by Gasteiger charge is 2.33. The van der Waals surface area contributed by atoms with Gasteiger partial charge in [-0.05, 0) is 44.6 Å². The van der Waals surface area contributed by atoms with Gasteiger partial charge in [0.2, 0.25) is 5.91 Å². The maximum atomic E-state index is 12.4. The summed E-state index contributed by atoms with van der Waals surface area (Å²) in [6.45, 7) is 6.21. The molecule has 0 unspecified atom stereocenters. The molecule has 3 heteroatoms. The van der Waals surface area contributed by atoms with Crippen LogP contribution < -0.4 is 5.32 Å². The van der Waals surface area contributed by atoms with E-state index in [4.69, 9.17) is 0 Å². The summed E-state index contributed by atoms with van der Waals surface area (Å²) in [4.78, 5) is 23.5. The molecule has 0 saturated carbocycles. The fourth-order valence-electron chi connectivity index (χ4n) is 4.26. The standard InChI is InChI=1S/C25H45NO2/c1-21-22(19-20-25(2,3)24(21)28)17-15-13-11-9-7-5-6-8-10-12-14-16-18-23(27)26-4/h5-20H2,1-4H3,(H,26,27). The average Bonchev–Trinajstić information content (AvgIpc) is 2.67. The first-order valence-electron chi connectivity index (χ1n) is 11.8. The first-order chi connectivity index (χ1) is 13.4. The van der Waals surface area contributed by atoms with E-state index < -0.39 is 0 Å². The highest BCUT2D eigenvalue weighted by Crippen LogP contribution is 2.37. The fourth-order valence-corrected chi connectivity index (χ4v) is 4.26. The van der Waals surface area contributed by atoms with Crippen molar-refractivity contribution in [2.24, 2.45) is 5.41 Å². The summed E-state index contributed by atoms with van der Waals surface area (Å²) in [5.41, 5.74) is 2.35. The van der Waals surface area contributed by atoms with E-state index in [1.807, 2.05) is 6.92 Å². The van der Waals surface area contributed by atoms with Crippen LogP contribution in [-0.2, 0) is 9.59 Å². The molecule has 0 spiro atoms. The van der Waals surface area contributed by atoms with Crippen LogP contribution in [0.1, 0.15) is 124 Å². The summed E-state index contributed by atoms with van der Waals surface area (Å²) in [6, 6.07) is 0. The Morgan fingerprint density at radius 2 is 1.32 bits per heavy atom. The molecule has 1 N–H and O–H groups in total. The molecule has 0 aliphatic heterocycles. The smallest absolute Gasteiger partial charge is 0.219 e. The van der Waals surface area contributed by atoms with E-state index in [0.29, 0.717) is 12.2 Å². The van der Waals surface area contributed by atoms with Crippen LogP contribution in [0.3, 0.4) is 0 Å². The van der Waals surface area contributed by atoms with Crippen LogP contribution in [0, 0.1) is 5.41 Å². The molecule has 1 aliphatic rings. The molecule has 0 fully saturated rings. The average molecular weight is 392 g/mol. The zero-order valence-corrected chi connectivity index (χ0v) is 19.1. The molecular formula is C25H45NO2. The van der Waals surface area contributed by atoms with Crippen LogP contribution in [0.4, 0.5) is 0 Å². The van der Waals surface area contributed by atoms with Crippen molar-refractivity contribution < 1.29 is 9.59 Å². The van der Waals surface area contributed by atoms with Crippen molar-refractivity contribution in [3.8, 4) is 0 Å². The second-order valence-electron chi connectivity index (χ2n) is 9.36. The van der Waals surface area contributed by atoms with E-state index in [9.17, 15) is 9.59 Å². The second kappa shape index (κ2) is 14.0. The lowest BCUT2D eigenvalue weighted by molar-refractivity contribution is -0.124. The van der Waals surface area contributed by atoms with Crippen LogP contribution in [0.2, 0.25) is 0 Å². The van der Waals surface area contributed by atoms with Crippen molar-refractivity contribution in [1.29, 1.82) is 0 Å². The summed E-state index contributed by atoms with van der Waals surface area (Å²) < 4.78 is 0. The molecule has 1 aliphatic carbocycles. The van der Waals surface area contributed by atoms with Gasteiger partial charge in [0.05, 0.1) is 0 Å². The van der Waals surface area contributed by atoms with Crippen molar-refractivity contribution in [2.45, 2.75) is 124 Å². The van der Waals surface area contributed by atoms with Gasteiger partial charge in [0, 0.05) is 18.9 Å². The topological polar surface area (TPSA) is 46.2 Å². The summed E-state index contributed by atoms with van der Waals surface area (Å²) in [6.07, 6.45) is 19.4. The lowest BCUT2D eigenvalue weighted by Gasteiger charge is -2.30. The third-order valence-corrected chi connectivity index (χ3v) is 6.45. The number of amides is 1. The fraction of sp³-hybridized carbons (Fsp3) is 0.840. The van der Waals surface area contributed by atoms with Gasteiger partial charge < -0.3 is 5.32 Å². The maximum Gasteiger partial charge on any atom is 0.219 e. The van der Waals surface area contributed by atoms with Crippen LogP contribution >= 0.6 is 0 Å². The van der Waals surface area contributed by atoms with E-state index in [-0.39, 0.29) is 11.3 Å². The second-order valence-corrected chi connectivity index (χ2v) is 9.36. The van der Waals surface area contributed by atoms with E-state index in [0.717, 1.165) is 31.3 Å². The Labute approximate surface area is 174 Å². The van der Waals surface area contributed by atoms with E-state index in [1.165, 1.54) is 76.2 Å². The minimum Gasteiger partial charge on any atom is -0.359 e. The Hall–Kier alpha value is -1.12. The van der Waals surface area contributed by atoms with Gasteiger partial charge in [0.25, 0.3) is 0 Å². The Balaban J connectivity index is 1.90. The van der Waals surface area contributed by atoms with Gasteiger partial charge in [-0.25, -0.2) is 0 Å². The van der Waals surface area contributed by atoms with Gasteiger partial charge in [-0.3, -0.25) is 9.59 Å². The normalized spacial score (nSPS) is 16.5. The van der Waals surface area contributed by atoms with Gasteiger partial charge in [-0.1, -0.05) is 83.6 Å². The predicted molar refractivity (Wildman–Crippen MR) is 119 cm³/mol. The molecule has 3 nitrogen and oxygen atoms in total. The van der Waals surface area contributed by atoms with Crippen LogP contribution in [-0.4, -0.2) is 18.7 Å². The lowest BCUT2D eigenvalue weighted by atomic mass is 9.73. The molecule has 0 aromatic carbocycles. The first-order valence-corrected chi connectivity index (χ1v) is 11.8. The molecule has 0 aromatic heterocycles. The van der Waals surface area contributed by atoms with Gasteiger partial charge in [0.1, 0.15) is 0 Å². The van der Waals surface area contributed by atoms with Crippen molar-refractivity contribution in [1.82, 2.24) is 5.32 Å². The SMILES string of the molecule is CNC(=O)CCCCCCCCCCCCCCC1=C(C)C(=O)C(C)(C)CC1. The van der Waals surface area contributed by atoms with Gasteiger partial charge in [-0.2, -0.15) is 0 Å². The van der Waals surface area contributed by atoms with Crippen LogP contribution in [0.15, 0.2) is 11.1 Å². The summed E-state index contributed by atoms with van der Waals surface area (Å²) in [5.74, 6) is 0.545. The highest BCUT2D eigenvalue weighted by molar-refractivity contribution is 6.00. The summed E-state index contributed by atoms with van der Waals surface area (Å²) in [5, 5.41) is 2.68. The van der Waals surface area contributed by atoms with E-state index in [2.05, 4.69) is 19.2 Å². The van der Waals surface area contributed by atoms with Gasteiger partial charge >= 0.3 is 0 Å². The molecule has 1 rings (SSSR count). The predicted octanol–water partition coefficient (Wildman–Crippen LogP) is 6.90. The van der Waals surface area contributed by atoms with Crippen molar-refractivity contribution in [3.63, 3.8) is 0 Å². The molecule has 28 heavy (non-hydrogen) atoms. The molecule has 0 radical (unpaired) electrons. The summed E-state index contributed by atoms with van der Waals surface area (Å²) in [7, 11) is 1.71. The quantitative estimate of drug-likeness (QED) is 0.309. The number of carbonyl (C=O) groups is 2. The molecule has 0 aromatic rings. The minimum atomic E-state index is -0.140. The molecule has 0 atom stereocenters. The van der Waals surface area contributed by atoms with Crippen molar-refractivity contribution in [2.75, 3.05) is 7.05 Å². The highest BCUT2D eigenvalue weighted by atomic mass is 16.1. The van der Waals surface area contributed by atoms with Crippen LogP contribution in [0.5, 0.6) is 0 Å². The molecule has 1 amide bonds. The molecule has 0 bridgehead atoms. The van der Waals surface area contributed by atoms with Crippen molar-refractivity contribution in [3.05, 3.63) is 11.1 Å². The van der Waals surface area contributed by atoms with Crippen molar-refractivity contribution >= 4 is 11.7 Å². The number of hydrogen-bond donors (Lipinski definition) is 1. The Bertz CT molecular complexity index is 505. The van der Waals surface area contributed by atoms with Gasteiger partial charge in [0.15, 0.2) is 5.78 Å². The number of nitrogens with one attached hydrogen (secondary N) is 1.